The SMILES string of the molecule is COC(=O)[C@H]1C[C@H]2CN(C(=O)CCC(=O)O)CC(=O)N2[C@H]1c1ccccc1. The van der Waals surface area contributed by atoms with E-state index in [1.54, 1.807) is 4.90 Å². The predicted octanol–water partition coefficient (Wildman–Crippen LogP) is 0.825. The van der Waals surface area contributed by atoms with Gasteiger partial charge in [0, 0.05) is 13.0 Å². The third kappa shape index (κ3) is 3.79. The molecule has 3 atom stereocenters. The van der Waals surface area contributed by atoms with Gasteiger partial charge in [-0.1, -0.05) is 30.3 Å². The smallest absolute Gasteiger partial charge is 0.311 e. The zero-order valence-corrected chi connectivity index (χ0v) is 15.0. The Balaban J connectivity index is 1.83. The highest BCUT2D eigenvalue weighted by molar-refractivity contribution is 5.89. The molecule has 8 heteroatoms. The molecule has 2 aliphatic rings. The Bertz CT molecular complexity index is 750. The van der Waals surface area contributed by atoms with E-state index in [4.69, 9.17) is 9.84 Å². The van der Waals surface area contributed by atoms with Crippen LogP contribution in [0.5, 0.6) is 0 Å². The minimum Gasteiger partial charge on any atom is -0.481 e. The first kappa shape index (κ1) is 18.9. The molecule has 1 aromatic rings. The van der Waals surface area contributed by atoms with Crippen LogP contribution in [0.3, 0.4) is 0 Å². The fourth-order valence-corrected chi connectivity index (χ4v) is 4.02. The van der Waals surface area contributed by atoms with E-state index in [2.05, 4.69) is 0 Å². The Morgan fingerprint density at radius 1 is 1.19 bits per heavy atom. The highest BCUT2D eigenvalue weighted by Gasteiger charge is 2.51. The summed E-state index contributed by atoms with van der Waals surface area (Å²) in [4.78, 5) is 51.2. The summed E-state index contributed by atoms with van der Waals surface area (Å²) in [7, 11) is 1.32. The van der Waals surface area contributed by atoms with E-state index in [1.807, 2.05) is 30.3 Å². The van der Waals surface area contributed by atoms with Gasteiger partial charge in [-0.15, -0.1) is 0 Å². The summed E-state index contributed by atoms with van der Waals surface area (Å²) in [6, 6.07) is 8.60. The van der Waals surface area contributed by atoms with Crippen molar-refractivity contribution in [1.82, 2.24) is 9.80 Å². The lowest BCUT2D eigenvalue weighted by Gasteiger charge is -2.40. The lowest BCUT2D eigenvalue weighted by molar-refractivity contribution is -0.151. The zero-order valence-electron chi connectivity index (χ0n) is 15.0. The number of benzene rings is 1. The van der Waals surface area contributed by atoms with Crippen LogP contribution in [0.2, 0.25) is 0 Å². The second-order valence-corrected chi connectivity index (χ2v) is 6.84. The van der Waals surface area contributed by atoms with Gasteiger partial charge in [0.2, 0.25) is 11.8 Å². The van der Waals surface area contributed by atoms with Crippen molar-refractivity contribution >= 4 is 23.8 Å². The number of hydrogen-bond acceptors (Lipinski definition) is 5. The summed E-state index contributed by atoms with van der Waals surface area (Å²) >= 11 is 0. The number of hydrogen-bond donors (Lipinski definition) is 1. The van der Waals surface area contributed by atoms with Crippen molar-refractivity contribution in [1.29, 1.82) is 0 Å². The molecule has 2 saturated heterocycles. The van der Waals surface area contributed by atoms with Gasteiger partial charge >= 0.3 is 11.9 Å². The molecule has 1 N–H and O–H groups in total. The van der Waals surface area contributed by atoms with Crippen LogP contribution in [0.4, 0.5) is 0 Å². The molecule has 2 fully saturated rings. The molecule has 27 heavy (non-hydrogen) atoms. The molecule has 2 amide bonds. The van der Waals surface area contributed by atoms with Gasteiger partial charge in [-0.05, 0) is 12.0 Å². The molecule has 8 nitrogen and oxygen atoms in total. The van der Waals surface area contributed by atoms with E-state index in [0.717, 1.165) is 5.56 Å². The highest BCUT2D eigenvalue weighted by atomic mass is 16.5. The van der Waals surface area contributed by atoms with Crippen molar-refractivity contribution in [2.45, 2.75) is 31.3 Å². The fourth-order valence-electron chi connectivity index (χ4n) is 4.02. The van der Waals surface area contributed by atoms with Crippen molar-refractivity contribution in [2.75, 3.05) is 20.2 Å². The van der Waals surface area contributed by atoms with Crippen molar-refractivity contribution in [3.63, 3.8) is 0 Å². The van der Waals surface area contributed by atoms with Crippen LogP contribution < -0.4 is 0 Å². The first-order valence-corrected chi connectivity index (χ1v) is 8.86. The molecule has 0 bridgehead atoms. The van der Waals surface area contributed by atoms with E-state index in [9.17, 15) is 19.2 Å². The number of carboxylic acid groups (broad SMARTS) is 1. The molecule has 1 aromatic carbocycles. The normalized spacial score (nSPS) is 24.5. The average molecular weight is 374 g/mol. The molecular weight excluding hydrogens is 352 g/mol. The number of amides is 2. The quantitative estimate of drug-likeness (QED) is 0.766. The predicted molar refractivity (Wildman–Crippen MR) is 93.4 cm³/mol. The molecule has 2 aliphatic heterocycles. The third-order valence-electron chi connectivity index (χ3n) is 5.20. The van der Waals surface area contributed by atoms with Gasteiger partial charge in [-0.25, -0.2) is 0 Å². The lowest BCUT2D eigenvalue weighted by atomic mass is 9.93. The maximum absolute atomic E-state index is 12.8. The molecule has 3 rings (SSSR count). The minimum atomic E-state index is -1.05. The Kier molecular flexibility index (Phi) is 5.43. The molecule has 0 aliphatic carbocycles. The van der Waals surface area contributed by atoms with Gasteiger partial charge in [0.15, 0.2) is 0 Å². The molecule has 0 unspecified atom stereocenters. The monoisotopic (exact) mass is 374 g/mol. The maximum Gasteiger partial charge on any atom is 0.311 e. The van der Waals surface area contributed by atoms with E-state index >= 15 is 0 Å². The number of piperazine rings is 1. The van der Waals surface area contributed by atoms with E-state index in [1.165, 1.54) is 12.0 Å². The van der Waals surface area contributed by atoms with Gasteiger partial charge in [0.25, 0.3) is 0 Å². The minimum absolute atomic E-state index is 0.105. The van der Waals surface area contributed by atoms with Crippen LogP contribution in [0, 0.1) is 5.92 Å². The summed E-state index contributed by atoms with van der Waals surface area (Å²) in [5, 5.41) is 8.75. The first-order chi connectivity index (χ1) is 12.9. The summed E-state index contributed by atoms with van der Waals surface area (Å²) < 4.78 is 4.94. The summed E-state index contributed by atoms with van der Waals surface area (Å²) in [6.45, 7) is 0.188. The largest absolute Gasteiger partial charge is 0.481 e. The van der Waals surface area contributed by atoms with Crippen LogP contribution in [0.25, 0.3) is 0 Å². The van der Waals surface area contributed by atoms with E-state index in [0.29, 0.717) is 13.0 Å². The van der Waals surface area contributed by atoms with Crippen molar-refractivity contribution in [3.8, 4) is 0 Å². The molecule has 144 valence electrons. The lowest BCUT2D eigenvalue weighted by Crippen LogP contribution is -2.55. The van der Waals surface area contributed by atoms with Crippen LogP contribution >= 0.6 is 0 Å². The first-order valence-electron chi connectivity index (χ1n) is 8.86. The number of esters is 1. The molecular formula is C19H22N2O6. The van der Waals surface area contributed by atoms with Gasteiger partial charge in [-0.2, -0.15) is 0 Å². The summed E-state index contributed by atoms with van der Waals surface area (Å²) in [6.07, 6.45) is -0.00606. The van der Waals surface area contributed by atoms with Crippen LogP contribution in [0.1, 0.15) is 30.9 Å². The number of carboxylic acids is 1. The van der Waals surface area contributed by atoms with Gasteiger partial charge in [0.05, 0.1) is 38.1 Å². The Morgan fingerprint density at radius 3 is 2.52 bits per heavy atom. The van der Waals surface area contributed by atoms with Gasteiger partial charge in [0.1, 0.15) is 0 Å². The Labute approximate surface area is 156 Å². The fraction of sp³-hybridized carbons (Fsp3) is 0.474. The van der Waals surface area contributed by atoms with Crippen molar-refractivity contribution in [3.05, 3.63) is 35.9 Å². The molecule has 0 aromatic heterocycles. The average Bonchev–Trinajstić information content (AvgIpc) is 3.06. The topological polar surface area (TPSA) is 104 Å². The van der Waals surface area contributed by atoms with Crippen molar-refractivity contribution < 1.29 is 29.0 Å². The summed E-state index contributed by atoms with van der Waals surface area (Å²) in [5.41, 5.74) is 0.856. The number of aliphatic carboxylic acids is 1. The Hall–Kier alpha value is -2.90. The van der Waals surface area contributed by atoms with Crippen LogP contribution in [-0.4, -0.2) is 64.9 Å². The maximum atomic E-state index is 12.8. The van der Waals surface area contributed by atoms with Gasteiger partial charge < -0.3 is 19.6 Å². The van der Waals surface area contributed by atoms with Crippen LogP contribution in [0.15, 0.2) is 30.3 Å². The number of carbonyl (C=O) groups excluding carboxylic acids is 3. The second kappa shape index (κ2) is 7.77. The number of ether oxygens (including phenoxy) is 1. The zero-order chi connectivity index (χ0) is 19.6. The number of fused-ring (bicyclic) bond motifs is 1. The number of nitrogens with zero attached hydrogens (tertiary/aromatic N) is 2. The van der Waals surface area contributed by atoms with Gasteiger partial charge in [-0.3, -0.25) is 19.2 Å². The molecule has 0 radical (unpaired) electrons. The Morgan fingerprint density at radius 2 is 1.89 bits per heavy atom. The third-order valence-corrected chi connectivity index (χ3v) is 5.20. The highest BCUT2D eigenvalue weighted by Crippen LogP contribution is 2.43. The number of rotatable bonds is 5. The van der Waals surface area contributed by atoms with Crippen LogP contribution in [-0.2, 0) is 23.9 Å². The van der Waals surface area contributed by atoms with E-state index < -0.39 is 17.9 Å². The van der Waals surface area contributed by atoms with E-state index in [-0.39, 0.29) is 43.2 Å². The number of methoxy groups -OCH3 is 1. The standard InChI is InChI=1S/C19H22N2O6/c1-27-19(26)14-9-13-10-20(15(22)7-8-17(24)25)11-16(23)21(13)18(14)12-5-3-2-4-6-12/h2-6,13-14,18H,7-11H2,1H3,(H,24,25)/t13-,14-,18-/m0/s1. The molecule has 2 heterocycles. The second-order valence-electron chi connectivity index (χ2n) is 6.84. The number of carbonyl (C=O) groups is 4. The summed E-state index contributed by atoms with van der Waals surface area (Å²) in [5.74, 6) is -2.53. The molecule has 0 spiro atoms. The molecule has 0 saturated carbocycles. The van der Waals surface area contributed by atoms with Crippen molar-refractivity contribution in [2.24, 2.45) is 5.92 Å².